The van der Waals surface area contributed by atoms with E-state index in [1.165, 1.54) is 51.0 Å². The minimum Gasteiger partial charge on any atom is -0.314 e. The molecule has 1 saturated carbocycles. The first-order valence-electron chi connectivity index (χ1n) is 7.23. The number of hydrogen-bond acceptors (Lipinski definition) is 3. The zero-order valence-electron chi connectivity index (χ0n) is 11.4. The zero-order chi connectivity index (χ0) is 12.4. The SMILES string of the molecule is Cn1nccc1CCN1CCNCC12CCCC2. The molecular formula is C14H24N4. The standard InChI is InChI=1S/C14H24N4/c1-17-13(4-8-16-17)5-10-18-11-9-15-12-14(18)6-2-3-7-14/h4,8,15H,2-3,5-7,9-12H2,1H3. The molecule has 1 saturated heterocycles. The maximum Gasteiger partial charge on any atom is 0.0492 e. The third-order valence-electron chi connectivity index (χ3n) is 4.78. The summed E-state index contributed by atoms with van der Waals surface area (Å²) in [6.07, 6.45) is 8.60. The van der Waals surface area contributed by atoms with Crippen molar-refractivity contribution in [1.82, 2.24) is 20.0 Å². The Bertz CT molecular complexity index is 392. The fourth-order valence-corrected chi connectivity index (χ4v) is 3.66. The van der Waals surface area contributed by atoms with E-state index in [9.17, 15) is 0 Å². The Morgan fingerprint density at radius 1 is 1.39 bits per heavy atom. The molecule has 1 aromatic rings. The lowest BCUT2D eigenvalue weighted by Gasteiger charge is -2.45. The fraction of sp³-hybridized carbons (Fsp3) is 0.786. The van der Waals surface area contributed by atoms with Crippen molar-refractivity contribution in [1.29, 1.82) is 0 Å². The minimum atomic E-state index is 0.469. The highest BCUT2D eigenvalue weighted by Gasteiger charge is 2.40. The van der Waals surface area contributed by atoms with Gasteiger partial charge in [0.05, 0.1) is 0 Å². The molecule has 1 aliphatic carbocycles. The first-order chi connectivity index (χ1) is 8.80. The van der Waals surface area contributed by atoms with E-state index < -0.39 is 0 Å². The highest BCUT2D eigenvalue weighted by molar-refractivity contribution is 5.04. The molecule has 0 radical (unpaired) electrons. The quantitative estimate of drug-likeness (QED) is 0.872. The van der Waals surface area contributed by atoms with Crippen LogP contribution in [0.15, 0.2) is 12.3 Å². The van der Waals surface area contributed by atoms with Gasteiger partial charge in [0.15, 0.2) is 0 Å². The molecule has 2 heterocycles. The first kappa shape index (κ1) is 12.2. The molecule has 4 heteroatoms. The van der Waals surface area contributed by atoms with Crippen molar-refractivity contribution >= 4 is 0 Å². The van der Waals surface area contributed by atoms with Gasteiger partial charge >= 0.3 is 0 Å². The average Bonchev–Trinajstić information content (AvgIpc) is 2.99. The van der Waals surface area contributed by atoms with Crippen LogP contribution < -0.4 is 5.32 Å². The van der Waals surface area contributed by atoms with E-state index in [1.807, 2.05) is 17.9 Å². The van der Waals surface area contributed by atoms with Crippen LogP contribution in [0, 0.1) is 0 Å². The van der Waals surface area contributed by atoms with Gasteiger partial charge in [-0.3, -0.25) is 9.58 Å². The van der Waals surface area contributed by atoms with Crippen LogP contribution in [-0.4, -0.2) is 46.4 Å². The van der Waals surface area contributed by atoms with Gasteiger partial charge in [0, 0.05) is 57.1 Å². The molecule has 4 nitrogen and oxygen atoms in total. The van der Waals surface area contributed by atoms with Crippen LogP contribution in [-0.2, 0) is 13.5 Å². The highest BCUT2D eigenvalue weighted by atomic mass is 15.3. The monoisotopic (exact) mass is 248 g/mol. The second kappa shape index (κ2) is 5.02. The summed E-state index contributed by atoms with van der Waals surface area (Å²) in [5.41, 5.74) is 1.82. The predicted octanol–water partition coefficient (Wildman–Crippen LogP) is 1.18. The largest absolute Gasteiger partial charge is 0.314 e. The van der Waals surface area contributed by atoms with Gasteiger partial charge in [-0.05, 0) is 18.9 Å². The topological polar surface area (TPSA) is 33.1 Å². The second-order valence-electron chi connectivity index (χ2n) is 5.79. The molecule has 3 rings (SSSR count). The fourth-order valence-electron chi connectivity index (χ4n) is 3.66. The Balaban J connectivity index is 1.65. The van der Waals surface area contributed by atoms with E-state index >= 15 is 0 Å². The molecule has 0 bridgehead atoms. The van der Waals surface area contributed by atoms with E-state index in [2.05, 4.69) is 21.4 Å². The Morgan fingerprint density at radius 2 is 2.22 bits per heavy atom. The molecule has 1 aromatic heterocycles. The van der Waals surface area contributed by atoms with E-state index in [0.717, 1.165) is 13.0 Å². The summed E-state index contributed by atoms with van der Waals surface area (Å²) in [4.78, 5) is 2.74. The Morgan fingerprint density at radius 3 is 2.94 bits per heavy atom. The molecule has 100 valence electrons. The van der Waals surface area contributed by atoms with Gasteiger partial charge < -0.3 is 5.32 Å². The van der Waals surface area contributed by atoms with Crippen molar-refractivity contribution in [3.8, 4) is 0 Å². The number of rotatable bonds is 3. The van der Waals surface area contributed by atoms with Crippen LogP contribution in [0.2, 0.25) is 0 Å². The van der Waals surface area contributed by atoms with Gasteiger partial charge in [-0.2, -0.15) is 5.10 Å². The van der Waals surface area contributed by atoms with Crippen molar-refractivity contribution < 1.29 is 0 Å². The van der Waals surface area contributed by atoms with Crippen LogP contribution in [0.5, 0.6) is 0 Å². The molecule has 2 aliphatic rings. The molecule has 0 aromatic carbocycles. The third kappa shape index (κ3) is 2.19. The molecule has 2 fully saturated rings. The summed E-state index contributed by atoms with van der Waals surface area (Å²) >= 11 is 0. The number of nitrogens with zero attached hydrogens (tertiary/aromatic N) is 3. The van der Waals surface area contributed by atoms with Gasteiger partial charge in [0.25, 0.3) is 0 Å². The molecule has 0 unspecified atom stereocenters. The van der Waals surface area contributed by atoms with Gasteiger partial charge in [-0.15, -0.1) is 0 Å². The molecule has 0 atom stereocenters. The minimum absolute atomic E-state index is 0.469. The Kier molecular flexibility index (Phi) is 3.39. The van der Waals surface area contributed by atoms with E-state index in [-0.39, 0.29) is 0 Å². The van der Waals surface area contributed by atoms with E-state index in [1.54, 1.807) is 0 Å². The van der Waals surface area contributed by atoms with Gasteiger partial charge in [-0.1, -0.05) is 12.8 Å². The van der Waals surface area contributed by atoms with E-state index in [0.29, 0.717) is 5.54 Å². The number of nitrogens with one attached hydrogen (secondary N) is 1. The van der Waals surface area contributed by atoms with Crippen molar-refractivity contribution in [2.75, 3.05) is 26.2 Å². The first-order valence-corrected chi connectivity index (χ1v) is 7.23. The summed E-state index contributed by atoms with van der Waals surface area (Å²) < 4.78 is 2.00. The highest BCUT2D eigenvalue weighted by Crippen LogP contribution is 2.36. The van der Waals surface area contributed by atoms with Crippen molar-refractivity contribution in [3.63, 3.8) is 0 Å². The van der Waals surface area contributed by atoms with Gasteiger partial charge in [0.1, 0.15) is 0 Å². The maximum absolute atomic E-state index is 4.26. The summed E-state index contributed by atoms with van der Waals surface area (Å²) in [5.74, 6) is 0. The van der Waals surface area contributed by atoms with Crippen LogP contribution in [0.4, 0.5) is 0 Å². The van der Waals surface area contributed by atoms with Crippen molar-refractivity contribution in [2.24, 2.45) is 7.05 Å². The third-order valence-corrected chi connectivity index (χ3v) is 4.78. The smallest absolute Gasteiger partial charge is 0.0492 e. The summed E-state index contributed by atoms with van der Waals surface area (Å²) in [6.45, 7) is 4.73. The lowest BCUT2D eigenvalue weighted by Crippen LogP contribution is -2.60. The van der Waals surface area contributed by atoms with Gasteiger partial charge in [-0.25, -0.2) is 0 Å². The summed E-state index contributed by atoms with van der Waals surface area (Å²) in [6, 6.07) is 2.14. The number of aryl methyl sites for hydroxylation is 1. The number of aromatic nitrogens is 2. The lowest BCUT2D eigenvalue weighted by molar-refractivity contribution is 0.0657. The molecule has 0 amide bonds. The summed E-state index contributed by atoms with van der Waals surface area (Å²) in [5, 5.41) is 7.85. The molecule has 1 spiro atoms. The Hall–Kier alpha value is -0.870. The van der Waals surface area contributed by atoms with Crippen LogP contribution in [0.25, 0.3) is 0 Å². The number of hydrogen-bond donors (Lipinski definition) is 1. The average molecular weight is 248 g/mol. The maximum atomic E-state index is 4.26. The van der Waals surface area contributed by atoms with Crippen molar-refractivity contribution in [3.05, 3.63) is 18.0 Å². The lowest BCUT2D eigenvalue weighted by atomic mass is 9.92. The summed E-state index contributed by atoms with van der Waals surface area (Å²) in [7, 11) is 2.04. The van der Waals surface area contributed by atoms with Gasteiger partial charge in [0.2, 0.25) is 0 Å². The van der Waals surface area contributed by atoms with Crippen LogP contribution >= 0.6 is 0 Å². The normalized spacial score (nSPS) is 23.8. The molecular weight excluding hydrogens is 224 g/mol. The van der Waals surface area contributed by atoms with E-state index in [4.69, 9.17) is 0 Å². The van der Waals surface area contributed by atoms with Crippen LogP contribution in [0.1, 0.15) is 31.4 Å². The molecule has 1 aliphatic heterocycles. The van der Waals surface area contributed by atoms with Crippen molar-refractivity contribution in [2.45, 2.75) is 37.6 Å². The predicted molar refractivity (Wildman–Crippen MR) is 72.6 cm³/mol. The molecule has 1 N–H and O–H groups in total. The van der Waals surface area contributed by atoms with Crippen LogP contribution in [0.3, 0.4) is 0 Å². The number of piperazine rings is 1. The zero-order valence-corrected chi connectivity index (χ0v) is 11.4. The Labute approximate surface area is 109 Å². The second-order valence-corrected chi connectivity index (χ2v) is 5.79. The molecule has 18 heavy (non-hydrogen) atoms.